The average Bonchev–Trinajstić information content (AvgIpc) is 2.39. The normalized spacial score (nSPS) is 39.1. The molecule has 5 nitrogen and oxygen atoms in total. The molecule has 2 N–H and O–H groups in total. The maximum absolute atomic E-state index is 12.4. The lowest BCUT2D eigenvalue weighted by atomic mass is 9.53. The molecular weight excluding hydrogens is 248 g/mol. The molecule has 0 aromatic rings. The van der Waals surface area contributed by atoms with Crippen LogP contribution in [-0.2, 0) is 14.3 Å². The lowest BCUT2D eigenvalue weighted by molar-refractivity contribution is -0.208. The minimum Gasteiger partial charge on any atom is -0.390 e. The fraction of sp³-hybridized carbons (Fsp3) is 0.929. The zero-order valence-corrected chi connectivity index (χ0v) is 11.6. The summed E-state index contributed by atoms with van der Waals surface area (Å²) in [5.74, 6) is 0.0843. The van der Waals surface area contributed by atoms with Crippen LogP contribution in [0.25, 0.3) is 0 Å². The van der Waals surface area contributed by atoms with E-state index >= 15 is 0 Å². The van der Waals surface area contributed by atoms with Crippen molar-refractivity contribution in [3.63, 3.8) is 0 Å². The van der Waals surface area contributed by atoms with Crippen LogP contribution in [0.2, 0.25) is 0 Å². The Balaban J connectivity index is 2.16. The number of hydrogen-bond donors (Lipinski definition) is 2. The summed E-state index contributed by atoms with van der Waals surface area (Å²) in [7, 11) is 1.55. The first kappa shape index (κ1) is 14.9. The summed E-state index contributed by atoms with van der Waals surface area (Å²) in [5, 5.41) is 21.1. The van der Waals surface area contributed by atoms with Gasteiger partial charge in [-0.15, -0.1) is 0 Å². The monoisotopic (exact) mass is 272 g/mol. The number of aliphatic hydroxyl groups excluding tert-OH is 1. The SMILES string of the molecule is COCOCC[C@@]12CCC[C@@H](O)[C@]1(O)CCCC2=O. The zero-order valence-electron chi connectivity index (χ0n) is 11.6. The summed E-state index contributed by atoms with van der Waals surface area (Å²) in [6.07, 6.45) is 3.33. The van der Waals surface area contributed by atoms with Gasteiger partial charge in [0.05, 0.1) is 18.1 Å². The number of ketones is 1. The molecule has 0 aromatic carbocycles. The van der Waals surface area contributed by atoms with Gasteiger partial charge in [-0.1, -0.05) is 0 Å². The van der Waals surface area contributed by atoms with E-state index in [1.54, 1.807) is 7.11 Å². The van der Waals surface area contributed by atoms with Crippen molar-refractivity contribution < 1.29 is 24.5 Å². The van der Waals surface area contributed by atoms with Crippen molar-refractivity contribution >= 4 is 5.78 Å². The highest BCUT2D eigenvalue weighted by Crippen LogP contribution is 2.53. The maximum atomic E-state index is 12.4. The standard InChI is InChI=1S/C14H24O5/c1-18-10-19-9-8-13-6-2-5-12(16)14(13,17)7-3-4-11(13)15/h12,16-17H,2-10H2,1H3/t12-,13-,14-/m1/s1. The van der Waals surface area contributed by atoms with Crippen LogP contribution in [0, 0.1) is 5.41 Å². The molecule has 0 amide bonds. The van der Waals surface area contributed by atoms with Gasteiger partial charge < -0.3 is 19.7 Å². The molecule has 5 heteroatoms. The van der Waals surface area contributed by atoms with Gasteiger partial charge in [-0.3, -0.25) is 4.79 Å². The van der Waals surface area contributed by atoms with E-state index in [1.807, 2.05) is 0 Å². The number of aliphatic hydroxyl groups is 2. The van der Waals surface area contributed by atoms with Crippen LogP contribution in [0.15, 0.2) is 0 Å². The summed E-state index contributed by atoms with van der Waals surface area (Å²) in [4.78, 5) is 12.4. The number of carbonyl (C=O) groups is 1. The van der Waals surface area contributed by atoms with Crippen molar-refractivity contribution in [2.75, 3.05) is 20.5 Å². The smallest absolute Gasteiger partial charge is 0.146 e. The van der Waals surface area contributed by atoms with E-state index in [0.717, 1.165) is 6.42 Å². The van der Waals surface area contributed by atoms with Gasteiger partial charge in [0.15, 0.2) is 0 Å². The lowest BCUT2D eigenvalue weighted by Crippen LogP contribution is -2.64. The number of methoxy groups -OCH3 is 1. The van der Waals surface area contributed by atoms with Crippen LogP contribution < -0.4 is 0 Å². The van der Waals surface area contributed by atoms with E-state index in [-0.39, 0.29) is 12.6 Å². The van der Waals surface area contributed by atoms with E-state index < -0.39 is 17.1 Å². The molecule has 0 spiro atoms. The van der Waals surface area contributed by atoms with Gasteiger partial charge in [0.1, 0.15) is 18.2 Å². The topological polar surface area (TPSA) is 76.0 Å². The van der Waals surface area contributed by atoms with Crippen molar-refractivity contribution in [3.05, 3.63) is 0 Å². The van der Waals surface area contributed by atoms with E-state index in [0.29, 0.717) is 45.1 Å². The van der Waals surface area contributed by atoms with Crippen molar-refractivity contribution in [3.8, 4) is 0 Å². The van der Waals surface area contributed by atoms with E-state index in [4.69, 9.17) is 9.47 Å². The molecule has 19 heavy (non-hydrogen) atoms. The number of Topliss-reactive ketones (excluding diaryl/α,β-unsaturated/α-hetero) is 1. The molecule has 0 saturated heterocycles. The van der Waals surface area contributed by atoms with Gasteiger partial charge in [0.25, 0.3) is 0 Å². The third kappa shape index (κ3) is 2.44. The molecule has 3 atom stereocenters. The Morgan fingerprint density at radius 1 is 1.37 bits per heavy atom. The van der Waals surface area contributed by atoms with Crippen LogP contribution in [0.5, 0.6) is 0 Å². The van der Waals surface area contributed by atoms with Gasteiger partial charge in [0, 0.05) is 13.5 Å². The van der Waals surface area contributed by atoms with Gasteiger partial charge in [-0.05, 0) is 38.5 Å². The first-order valence-electron chi connectivity index (χ1n) is 7.07. The minimum absolute atomic E-state index is 0.0843. The van der Waals surface area contributed by atoms with Crippen LogP contribution in [0.4, 0.5) is 0 Å². The largest absolute Gasteiger partial charge is 0.390 e. The second-order valence-corrected chi connectivity index (χ2v) is 5.76. The second-order valence-electron chi connectivity index (χ2n) is 5.76. The summed E-state index contributed by atoms with van der Waals surface area (Å²) in [6.45, 7) is 0.555. The molecule has 2 rings (SSSR count). The van der Waals surface area contributed by atoms with Gasteiger partial charge in [0.2, 0.25) is 0 Å². The average molecular weight is 272 g/mol. The fourth-order valence-corrected chi connectivity index (χ4v) is 3.79. The number of ether oxygens (including phenoxy) is 2. The van der Waals surface area contributed by atoms with Crippen molar-refractivity contribution in [2.24, 2.45) is 5.41 Å². The summed E-state index contributed by atoms with van der Waals surface area (Å²) in [6, 6.07) is 0. The third-order valence-corrected chi connectivity index (χ3v) is 4.83. The van der Waals surface area contributed by atoms with Crippen molar-refractivity contribution in [2.45, 2.75) is 56.7 Å². The first-order chi connectivity index (χ1) is 9.07. The molecule has 2 saturated carbocycles. The Labute approximate surface area is 113 Å². The Kier molecular flexibility index (Phi) is 4.61. The van der Waals surface area contributed by atoms with Gasteiger partial charge in [-0.2, -0.15) is 0 Å². The molecule has 0 aromatic heterocycles. The second kappa shape index (κ2) is 5.87. The van der Waals surface area contributed by atoms with Crippen LogP contribution in [-0.4, -0.2) is 48.2 Å². The Morgan fingerprint density at radius 3 is 2.89 bits per heavy atom. The first-order valence-corrected chi connectivity index (χ1v) is 7.07. The molecule has 0 unspecified atom stereocenters. The van der Waals surface area contributed by atoms with Gasteiger partial charge in [-0.25, -0.2) is 0 Å². The summed E-state index contributed by atoms with van der Waals surface area (Å²) in [5.41, 5.74) is -2.09. The molecular formula is C14H24O5. The zero-order chi connectivity index (χ0) is 13.9. The molecule has 2 aliphatic rings. The van der Waals surface area contributed by atoms with Crippen LogP contribution in [0.1, 0.15) is 44.9 Å². The quantitative estimate of drug-likeness (QED) is 0.577. The lowest BCUT2D eigenvalue weighted by Gasteiger charge is -2.54. The third-order valence-electron chi connectivity index (χ3n) is 4.83. The van der Waals surface area contributed by atoms with Crippen molar-refractivity contribution in [1.82, 2.24) is 0 Å². The predicted octanol–water partition coefficient (Wildman–Crippen LogP) is 1.01. The molecule has 0 bridgehead atoms. The Hall–Kier alpha value is -0.490. The van der Waals surface area contributed by atoms with E-state index in [2.05, 4.69) is 0 Å². The van der Waals surface area contributed by atoms with Crippen molar-refractivity contribution in [1.29, 1.82) is 0 Å². The van der Waals surface area contributed by atoms with Gasteiger partial charge >= 0.3 is 0 Å². The summed E-state index contributed by atoms with van der Waals surface area (Å²) < 4.78 is 10.1. The number of fused-ring (bicyclic) bond motifs is 1. The Bertz CT molecular complexity index is 332. The molecule has 2 aliphatic carbocycles. The molecule has 110 valence electrons. The predicted molar refractivity (Wildman–Crippen MR) is 68.5 cm³/mol. The highest BCUT2D eigenvalue weighted by Gasteiger charge is 2.61. The van der Waals surface area contributed by atoms with E-state index in [1.165, 1.54) is 0 Å². The number of rotatable bonds is 5. The summed E-state index contributed by atoms with van der Waals surface area (Å²) >= 11 is 0. The maximum Gasteiger partial charge on any atom is 0.146 e. The van der Waals surface area contributed by atoms with Crippen LogP contribution in [0.3, 0.4) is 0 Å². The molecule has 0 radical (unpaired) electrons. The minimum atomic E-state index is -1.27. The van der Waals surface area contributed by atoms with E-state index in [9.17, 15) is 15.0 Å². The number of carbonyl (C=O) groups excluding carboxylic acids is 1. The number of hydrogen-bond acceptors (Lipinski definition) is 5. The molecule has 0 heterocycles. The fourth-order valence-electron chi connectivity index (χ4n) is 3.79. The highest BCUT2D eigenvalue weighted by atomic mass is 16.7. The molecule has 2 fully saturated rings. The highest BCUT2D eigenvalue weighted by molar-refractivity contribution is 5.87. The van der Waals surface area contributed by atoms with Crippen LogP contribution >= 0.6 is 0 Å². The Morgan fingerprint density at radius 2 is 2.16 bits per heavy atom. The molecule has 0 aliphatic heterocycles.